The van der Waals surface area contributed by atoms with E-state index in [0.717, 1.165) is 48.7 Å². The molecule has 0 heterocycles. The molecule has 0 amide bonds. The van der Waals surface area contributed by atoms with Gasteiger partial charge in [0.05, 0.1) is 0 Å². The van der Waals surface area contributed by atoms with Crippen molar-refractivity contribution in [1.82, 2.24) is 0 Å². The molecule has 5 heteroatoms. The number of methoxy groups -OCH3 is 4. The molecule has 5 nitrogen and oxygen atoms in total. The number of benzene rings is 2. The minimum Gasteiger partial charge on any atom is -0.348 e. The van der Waals surface area contributed by atoms with E-state index in [-0.39, 0.29) is 5.92 Å². The van der Waals surface area contributed by atoms with Crippen LogP contribution in [0.4, 0.5) is 0 Å². The Morgan fingerprint density at radius 3 is 1.72 bits per heavy atom. The Morgan fingerprint density at radius 1 is 0.750 bits per heavy atom. The molecule has 1 aliphatic rings. The van der Waals surface area contributed by atoms with E-state index in [2.05, 4.69) is 19.1 Å². The fraction of sp³-hybridized carbons (Fsp3) is 0.519. The number of unbranched alkanes of at least 4 members (excludes halogenated alkanes) is 3. The maximum Gasteiger partial charge on any atom is 0.210 e. The number of hydrogen-bond acceptors (Lipinski definition) is 5. The second-order valence-electron chi connectivity index (χ2n) is 8.48. The van der Waals surface area contributed by atoms with Crippen LogP contribution in [0, 0.1) is 5.92 Å². The standard InChI is InChI=1S/C27H36O5/c1-21(15-9-6-7-14-20-28)25(22-16-10-8-11-17-22)26(29-2,30-3)23-18-12-13-19-24(23)27(25,31-4)32-5/h8,10-13,16-21H,6-7,9,14-15H2,1-5H3. The van der Waals surface area contributed by atoms with Crippen molar-refractivity contribution < 1.29 is 23.7 Å². The van der Waals surface area contributed by atoms with Gasteiger partial charge in [-0.3, -0.25) is 0 Å². The Labute approximate surface area is 192 Å². The summed E-state index contributed by atoms with van der Waals surface area (Å²) in [7, 11) is 6.76. The van der Waals surface area contributed by atoms with Crippen molar-refractivity contribution in [3.05, 3.63) is 71.3 Å². The normalized spacial score (nSPS) is 18.8. The highest BCUT2D eigenvalue weighted by atomic mass is 16.7. The number of aldehydes is 1. The van der Waals surface area contributed by atoms with Crippen molar-refractivity contribution in [2.24, 2.45) is 5.92 Å². The van der Waals surface area contributed by atoms with Gasteiger partial charge < -0.3 is 23.7 Å². The predicted molar refractivity (Wildman–Crippen MR) is 124 cm³/mol. The van der Waals surface area contributed by atoms with Crippen LogP contribution in [0.2, 0.25) is 0 Å². The van der Waals surface area contributed by atoms with E-state index in [9.17, 15) is 4.79 Å². The lowest BCUT2D eigenvalue weighted by Crippen LogP contribution is -2.63. The van der Waals surface area contributed by atoms with Gasteiger partial charge in [0.25, 0.3) is 0 Å². The van der Waals surface area contributed by atoms with E-state index < -0.39 is 17.0 Å². The third-order valence-corrected chi connectivity index (χ3v) is 7.25. The van der Waals surface area contributed by atoms with E-state index in [0.29, 0.717) is 6.42 Å². The van der Waals surface area contributed by atoms with Crippen LogP contribution in [0.25, 0.3) is 0 Å². The lowest BCUT2D eigenvalue weighted by atomic mass is 9.60. The second kappa shape index (κ2) is 10.3. The molecule has 1 atom stereocenters. The summed E-state index contributed by atoms with van der Waals surface area (Å²) in [5, 5.41) is 0. The van der Waals surface area contributed by atoms with Gasteiger partial charge >= 0.3 is 0 Å². The summed E-state index contributed by atoms with van der Waals surface area (Å²) in [6, 6.07) is 18.3. The van der Waals surface area contributed by atoms with Gasteiger partial charge in [-0.15, -0.1) is 0 Å². The molecule has 0 fully saturated rings. The Kier molecular flexibility index (Phi) is 7.88. The average Bonchev–Trinajstić information content (AvgIpc) is 3.08. The molecule has 1 aliphatic carbocycles. The molecule has 0 N–H and O–H groups in total. The summed E-state index contributed by atoms with van der Waals surface area (Å²) in [5.74, 6) is -2.20. The summed E-state index contributed by atoms with van der Waals surface area (Å²) in [4.78, 5) is 10.7. The number of carbonyl (C=O) groups excluding carboxylic acids is 1. The van der Waals surface area contributed by atoms with Gasteiger partial charge in [0.2, 0.25) is 11.6 Å². The molecule has 0 radical (unpaired) electrons. The first kappa shape index (κ1) is 24.6. The zero-order valence-corrected chi connectivity index (χ0v) is 19.9. The Balaban J connectivity index is 2.28. The molecule has 32 heavy (non-hydrogen) atoms. The topological polar surface area (TPSA) is 54.0 Å². The van der Waals surface area contributed by atoms with Crippen molar-refractivity contribution >= 4 is 6.29 Å². The van der Waals surface area contributed by atoms with Crippen LogP contribution in [0.1, 0.15) is 55.7 Å². The monoisotopic (exact) mass is 440 g/mol. The minimum atomic E-state index is -1.13. The molecule has 3 rings (SSSR count). The average molecular weight is 441 g/mol. The minimum absolute atomic E-state index is 0.0494. The Hall–Kier alpha value is -2.05. The van der Waals surface area contributed by atoms with Crippen LogP contribution in [0.3, 0.4) is 0 Å². The fourth-order valence-corrected chi connectivity index (χ4v) is 6.03. The molecule has 0 saturated carbocycles. The van der Waals surface area contributed by atoms with Crippen molar-refractivity contribution in [2.75, 3.05) is 28.4 Å². The van der Waals surface area contributed by atoms with Crippen molar-refractivity contribution in [3.63, 3.8) is 0 Å². The van der Waals surface area contributed by atoms with E-state index in [1.165, 1.54) is 0 Å². The van der Waals surface area contributed by atoms with Crippen molar-refractivity contribution in [2.45, 2.75) is 56.0 Å². The fourth-order valence-electron chi connectivity index (χ4n) is 6.03. The summed E-state index contributed by atoms with van der Waals surface area (Å²) in [6.45, 7) is 2.22. The Bertz CT molecular complexity index is 832. The highest BCUT2D eigenvalue weighted by Crippen LogP contribution is 2.67. The van der Waals surface area contributed by atoms with Gasteiger partial charge in [-0.25, -0.2) is 0 Å². The lowest BCUT2D eigenvalue weighted by molar-refractivity contribution is -0.356. The Morgan fingerprint density at radius 2 is 1.25 bits per heavy atom. The lowest BCUT2D eigenvalue weighted by Gasteiger charge is -2.54. The van der Waals surface area contributed by atoms with Crippen LogP contribution in [0.5, 0.6) is 0 Å². The molecule has 0 bridgehead atoms. The number of carbonyl (C=O) groups is 1. The largest absolute Gasteiger partial charge is 0.348 e. The summed E-state index contributed by atoms with van der Waals surface area (Å²) >= 11 is 0. The van der Waals surface area contributed by atoms with Crippen molar-refractivity contribution in [3.8, 4) is 0 Å². The van der Waals surface area contributed by atoms with Crippen molar-refractivity contribution in [1.29, 1.82) is 0 Å². The van der Waals surface area contributed by atoms with E-state index in [4.69, 9.17) is 18.9 Å². The molecule has 2 aromatic carbocycles. The zero-order valence-electron chi connectivity index (χ0n) is 19.9. The van der Waals surface area contributed by atoms with Crippen LogP contribution < -0.4 is 0 Å². The zero-order chi connectivity index (χ0) is 23.2. The third kappa shape index (κ3) is 3.34. The number of hydrogen-bond donors (Lipinski definition) is 0. The van der Waals surface area contributed by atoms with Gasteiger partial charge in [-0.05, 0) is 24.3 Å². The van der Waals surface area contributed by atoms with Gasteiger partial charge in [-0.1, -0.05) is 74.4 Å². The van der Waals surface area contributed by atoms with Gasteiger partial charge in [0.1, 0.15) is 11.7 Å². The van der Waals surface area contributed by atoms with Crippen LogP contribution in [-0.4, -0.2) is 34.7 Å². The van der Waals surface area contributed by atoms with Crippen LogP contribution >= 0.6 is 0 Å². The van der Waals surface area contributed by atoms with Gasteiger partial charge in [0, 0.05) is 46.0 Å². The maximum atomic E-state index is 10.7. The van der Waals surface area contributed by atoms with E-state index >= 15 is 0 Å². The predicted octanol–water partition coefficient (Wildman–Crippen LogP) is 5.31. The van der Waals surface area contributed by atoms with Gasteiger partial charge in [0.15, 0.2) is 0 Å². The first-order valence-electron chi connectivity index (χ1n) is 11.4. The highest BCUT2D eigenvalue weighted by molar-refractivity contribution is 5.53. The number of fused-ring (bicyclic) bond motifs is 1. The molecule has 0 spiro atoms. The maximum absolute atomic E-state index is 10.7. The molecule has 174 valence electrons. The second-order valence-corrected chi connectivity index (χ2v) is 8.48. The van der Waals surface area contributed by atoms with E-state index in [1.54, 1.807) is 28.4 Å². The summed E-state index contributed by atoms with van der Waals surface area (Å²) in [6.07, 6.45) is 5.35. The smallest absolute Gasteiger partial charge is 0.210 e. The molecule has 2 aromatic rings. The third-order valence-electron chi connectivity index (χ3n) is 7.25. The molecule has 0 aromatic heterocycles. The number of rotatable bonds is 12. The quantitative estimate of drug-likeness (QED) is 0.254. The molecular weight excluding hydrogens is 404 g/mol. The number of ether oxygens (including phenoxy) is 4. The highest BCUT2D eigenvalue weighted by Gasteiger charge is 2.76. The van der Waals surface area contributed by atoms with E-state index in [1.807, 2.05) is 42.5 Å². The van der Waals surface area contributed by atoms with Gasteiger partial charge in [-0.2, -0.15) is 0 Å². The van der Waals surface area contributed by atoms with Crippen LogP contribution in [-0.2, 0) is 40.7 Å². The summed E-state index contributed by atoms with van der Waals surface area (Å²) in [5.41, 5.74) is 2.02. The van der Waals surface area contributed by atoms with Crippen LogP contribution in [0.15, 0.2) is 54.6 Å². The summed E-state index contributed by atoms with van der Waals surface area (Å²) < 4.78 is 25.4. The SMILES string of the molecule is COC1(OC)c2ccccc2C(OC)(OC)C1(c1ccccc1)C(C)CCCCCC=O. The molecular formula is C27H36O5. The first-order chi connectivity index (χ1) is 15.6. The molecule has 1 unspecified atom stereocenters. The first-order valence-corrected chi connectivity index (χ1v) is 11.4. The molecule has 0 aliphatic heterocycles. The molecule has 0 saturated heterocycles.